The fourth-order valence-electron chi connectivity index (χ4n) is 3.12. The third-order valence-corrected chi connectivity index (χ3v) is 5.53. The second-order valence-corrected chi connectivity index (χ2v) is 7.18. The topological polar surface area (TPSA) is 82.9 Å². The summed E-state index contributed by atoms with van der Waals surface area (Å²) >= 11 is 1.76. The van der Waals surface area contributed by atoms with Gasteiger partial charge in [0.05, 0.1) is 23.9 Å². The van der Waals surface area contributed by atoms with Crippen LogP contribution in [-0.4, -0.2) is 60.1 Å². The first-order valence-electron chi connectivity index (χ1n) is 8.02. The molecule has 1 N–H and O–H groups in total. The van der Waals surface area contributed by atoms with Crippen molar-refractivity contribution in [2.24, 2.45) is 11.8 Å². The van der Waals surface area contributed by atoms with Gasteiger partial charge in [-0.2, -0.15) is 11.8 Å². The molecule has 3 heterocycles. The molecule has 2 atom stereocenters. The number of rotatable bonds is 6. The minimum Gasteiger partial charge on any atom is -0.468 e. The summed E-state index contributed by atoms with van der Waals surface area (Å²) in [7, 11) is 1.51. The van der Waals surface area contributed by atoms with Gasteiger partial charge < -0.3 is 14.6 Å². The maximum atomic E-state index is 12.1. The van der Waals surface area contributed by atoms with Crippen LogP contribution in [0.5, 0.6) is 0 Å². The maximum absolute atomic E-state index is 12.1. The second-order valence-electron chi connectivity index (χ2n) is 6.07. The van der Waals surface area contributed by atoms with Crippen LogP contribution >= 0.6 is 11.8 Å². The van der Waals surface area contributed by atoms with E-state index in [1.807, 2.05) is 12.1 Å². The molecule has 0 unspecified atom stereocenters. The van der Waals surface area contributed by atoms with Crippen LogP contribution < -0.4 is 5.32 Å². The Morgan fingerprint density at radius 1 is 1.33 bits per heavy atom. The number of urea groups is 1. The van der Waals surface area contributed by atoms with E-state index < -0.39 is 0 Å². The molecule has 0 aliphatic carbocycles. The van der Waals surface area contributed by atoms with Crippen molar-refractivity contribution < 1.29 is 18.8 Å². The summed E-state index contributed by atoms with van der Waals surface area (Å²) < 4.78 is 5.25. The summed E-state index contributed by atoms with van der Waals surface area (Å²) in [4.78, 5) is 38.8. The molecule has 2 aliphatic heterocycles. The average Bonchev–Trinajstić information content (AvgIpc) is 3.28. The summed E-state index contributed by atoms with van der Waals surface area (Å²) in [6, 6.07) is 3.62. The number of hydrogen-bond acceptors (Lipinski definition) is 5. The molecule has 3 rings (SSSR count). The Morgan fingerprint density at radius 2 is 2.04 bits per heavy atom. The quantitative estimate of drug-likeness (QED) is 0.614. The van der Waals surface area contributed by atoms with Gasteiger partial charge in [0.2, 0.25) is 11.8 Å². The normalized spacial score (nSPS) is 23.0. The minimum absolute atomic E-state index is 0.172. The van der Waals surface area contributed by atoms with Crippen molar-refractivity contribution in [3.05, 3.63) is 24.2 Å². The molecule has 1 aromatic heterocycles. The summed E-state index contributed by atoms with van der Waals surface area (Å²) in [6.07, 6.45) is 2.52. The highest BCUT2D eigenvalue weighted by molar-refractivity contribution is 7.98. The Morgan fingerprint density at radius 3 is 2.67 bits per heavy atom. The molecule has 2 saturated heterocycles. The third kappa shape index (κ3) is 3.43. The number of carbonyl (C=O) groups excluding carboxylic acids is 3. The van der Waals surface area contributed by atoms with Gasteiger partial charge in [0.25, 0.3) is 0 Å². The molecule has 4 amide bonds. The Balaban J connectivity index is 1.33. The molecule has 7 nitrogen and oxygen atoms in total. The maximum Gasteiger partial charge on any atom is 0.317 e. The molecule has 0 aromatic carbocycles. The van der Waals surface area contributed by atoms with Crippen LogP contribution in [0, 0.1) is 11.8 Å². The molecule has 2 fully saturated rings. The number of carbonyl (C=O) groups is 3. The zero-order valence-electron chi connectivity index (χ0n) is 13.6. The van der Waals surface area contributed by atoms with Gasteiger partial charge in [-0.3, -0.25) is 14.5 Å². The van der Waals surface area contributed by atoms with Crippen molar-refractivity contribution >= 4 is 29.6 Å². The predicted octanol–water partition coefficient (Wildman–Crippen LogP) is 1.16. The van der Waals surface area contributed by atoms with Gasteiger partial charge in [0.1, 0.15) is 5.76 Å². The fraction of sp³-hybridized carbons (Fsp3) is 0.562. The molecule has 0 spiro atoms. The van der Waals surface area contributed by atoms with E-state index in [2.05, 4.69) is 5.32 Å². The minimum atomic E-state index is -0.364. The van der Waals surface area contributed by atoms with E-state index in [-0.39, 0.29) is 29.7 Å². The second kappa shape index (κ2) is 7.29. The Hall–Kier alpha value is -1.96. The molecule has 0 bridgehead atoms. The number of hydrogen-bond donors (Lipinski definition) is 1. The van der Waals surface area contributed by atoms with Gasteiger partial charge in [0.15, 0.2) is 0 Å². The fourth-order valence-corrected chi connectivity index (χ4v) is 3.98. The Bertz CT molecular complexity index is 595. The van der Waals surface area contributed by atoms with Crippen LogP contribution in [0.4, 0.5) is 4.79 Å². The molecule has 24 heavy (non-hydrogen) atoms. The summed E-state index contributed by atoms with van der Waals surface area (Å²) in [5.74, 6) is 1.63. The number of imide groups is 1. The smallest absolute Gasteiger partial charge is 0.317 e. The molecular weight excluding hydrogens is 330 g/mol. The van der Waals surface area contributed by atoms with Crippen LogP contribution in [-0.2, 0) is 15.3 Å². The summed E-state index contributed by atoms with van der Waals surface area (Å²) in [5.41, 5.74) is 0. The third-order valence-electron chi connectivity index (χ3n) is 4.47. The van der Waals surface area contributed by atoms with E-state index >= 15 is 0 Å². The predicted molar refractivity (Wildman–Crippen MR) is 89.2 cm³/mol. The highest BCUT2D eigenvalue weighted by Crippen LogP contribution is 2.32. The van der Waals surface area contributed by atoms with Crippen molar-refractivity contribution in [3.8, 4) is 0 Å². The number of furan rings is 1. The standard InChI is InChI=1S/C16H21N3O4S/c1-18-14(20)12-8-19(9-13(12)15(18)21)16(22)17-5-3-7-24-10-11-4-2-6-23-11/h2,4,6,12-13H,3,5,7-10H2,1H3,(H,17,22)/t12-,13+. The lowest BCUT2D eigenvalue weighted by Crippen LogP contribution is -2.42. The molecule has 1 aromatic rings. The Kier molecular flexibility index (Phi) is 5.13. The van der Waals surface area contributed by atoms with E-state index in [4.69, 9.17) is 4.42 Å². The van der Waals surface area contributed by atoms with E-state index in [0.717, 1.165) is 23.7 Å². The van der Waals surface area contributed by atoms with Gasteiger partial charge >= 0.3 is 6.03 Å². The van der Waals surface area contributed by atoms with Crippen molar-refractivity contribution in [1.82, 2.24) is 15.1 Å². The molecule has 0 saturated carbocycles. The van der Waals surface area contributed by atoms with Crippen LogP contribution in [0.15, 0.2) is 22.8 Å². The van der Waals surface area contributed by atoms with Crippen LogP contribution in [0.1, 0.15) is 12.2 Å². The van der Waals surface area contributed by atoms with E-state index in [0.29, 0.717) is 19.6 Å². The molecule has 8 heteroatoms. The van der Waals surface area contributed by atoms with Gasteiger partial charge in [-0.1, -0.05) is 0 Å². The molecular formula is C16H21N3O4S. The zero-order chi connectivity index (χ0) is 17.1. The summed E-state index contributed by atoms with van der Waals surface area (Å²) in [5, 5.41) is 2.86. The number of nitrogens with zero attached hydrogens (tertiary/aromatic N) is 2. The van der Waals surface area contributed by atoms with Gasteiger partial charge in [0, 0.05) is 26.7 Å². The molecule has 130 valence electrons. The van der Waals surface area contributed by atoms with E-state index in [1.54, 1.807) is 22.9 Å². The molecule has 0 radical (unpaired) electrons. The molecule has 2 aliphatic rings. The number of nitrogens with one attached hydrogen (secondary N) is 1. The van der Waals surface area contributed by atoms with E-state index in [1.165, 1.54) is 11.9 Å². The van der Waals surface area contributed by atoms with Gasteiger partial charge in [-0.25, -0.2) is 4.79 Å². The highest BCUT2D eigenvalue weighted by atomic mass is 32.2. The Labute approximate surface area is 144 Å². The lowest BCUT2D eigenvalue weighted by molar-refractivity contribution is -0.138. The van der Waals surface area contributed by atoms with Crippen LogP contribution in [0.25, 0.3) is 0 Å². The first kappa shape index (κ1) is 16.9. The van der Waals surface area contributed by atoms with Crippen LogP contribution in [0.2, 0.25) is 0 Å². The van der Waals surface area contributed by atoms with Gasteiger partial charge in [-0.15, -0.1) is 0 Å². The van der Waals surface area contributed by atoms with Gasteiger partial charge in [-0.05, 0) is 24.3 Å². The zero-order valence-corrected chi connectivity index (χ0v) is 14.4. The average molecular weight is 351 g/mol. The lowest BCUT2D eigenvalue weighted by Gasteiger charge is -2.19. The van der Waals surface area contributed by atoms with Crippen molar-refractivity contribution in [2.45, 2.75) is 12.2 Å². The number of likely N-dealkylation sites (tertiary alicyclic amines) is 2. The number of amides is 4. The largest absolute Gasteiger partial charge is 0.468 e. The number of fused-ring (bicyclic) bond motifs is 1. The number of thioether (sulfide) groups is 1. The van der Waals surface area contributed by atoms with Crippen molar-refractivity contribution in [2.75, 3.05) is 32.4 Å². The first-order valence-corrected chi connectivity index (χ1v) is 9.17. The highest BCUT2D eigenvalue weighted by Gasteiger charge is 2.51. The SMILES string of the molecule is CN1C(=O)[C@H]2CN(C(=O)NCCCSCc3ccco3)C[C@H]2C1=O. The lowest BCUT2D eigenvalue weighted by atomic mass is 10.00. The monoisotopic (exact) mass is 351 g/mol. The van der Waals surface area contributed by atoms with Crippen molar-refractivity contribution in [3.63, 3.8) is 0 Å². The summed E-state index contributed by atoms with van der Waals surface area (Å²) in [6.45, 7) is 1.24. The first-order chi connectivity index (χ1) is 11.6. The van der Waals surface area contributed by atoms with Crippen molar-refractivity contribution in [1.29, 1.82) is 0 Å². The van der Waals surface area contributed by atoms with E-state index in [9.17, 15) is 14.4 Å². The van der Waals surface area contributed by atoms with Crippen LogP contribution in [0.3, 0.4) is 0 Å².